The molecule has 2 amide bonds. The second kappa shape index (κ2) is 8.19. The molecule has 0 unspecified atom stereocenters. The van der Waals surface area contributed by atoms with E-state index in [1.807, 2.05) is 51.1 Å². The van der Waals surface area contributed by atoms with E-state index in [0.717, 1.165) is 11.3 Å². The molecule has 0 aromatic heterocycles. The molecule has 0 fully saturated rings. The first-order valence-electron chi connectivity index (χ1n) is 8.01. The maximum Gasteiger partial charge on any atom is 0.407 e. The van der Waals surface area contributed by atoms with Crippen LogP contribution in [0.4, 0.5) is 10.5 Å². The number of benzene rings is 2. The Morgan fingerprint density at radius 3 is 2.20 bits per heavy atom. The van der Waals surface area contributed by atoms with Crippen molar-refractivity contribution in [2.24, 2.45) is 0 Å². The number of alkyl carbamates (subject to hydrolysis) is 1. The Labute approximate surface area is 147 Å². The van der Waals surface area contributed by atoms with Gasteiger partial charge in [0.2, 0.25) is 0 Å². The molecule has 2 aromatic carbocycles. The van der Waals surface area contributed by atoms with E-state index >= 15 is 0 Å². The molecule has 25 heavy (non-hydrogen) atoms. The van der Waals surface area contributed by atoms with Crippen LogP contribution in [0.15, 0.2) is 54.6 Å². The SMILES string of the molecule is CC(C)(C)OC(=O)NCc1ccc(C(=O)NNc2ccccc2)cc1. The third-order valence-corrected chi connectivity index (χ3v) is 3.15. The summed E-state index contributed by atoms with van der Waals surface area (Å²) in [5.41, 5.74) is 7.14. The number of anilines is 1. The quantitative estimate of drug-likeness (QED) is 0.728. The first-order valence-corrected chi connectivity index (χ1v) is 8.01. The fraction of sp³-hybridized carbons (Fsp3) is 0.263. The molecule has 6 nitrogen and oxygen atoms in total. The second-order valence-electron chi connectivity index (χ2n) is 6.50. The molecule has 3 N–H and O–H groups in total. The van der Waals surface area contributed by atoms with Gasteiger partial charge in [0, 0.05) is 12.1 Å². The van der Waals surface area contributed by atoms with Gasteiger partial charge in [0.15, 0.2) is 0 Å². The van der Waals surface area contributed by atoms with E-state index < -0.39 is 11.7 Å². The normalized spacial score (nSPS) is 10.7. The standard InChI is InChI=1S/C19H23N3O3/c1-19(2,3)25-18(24)20-13-14-9-11-15(12-10-14)17(23)22-21-16-7-5-4-6-8-16/h4-12,21H,13H2,1-3H3,(H,20,24)(H,22,23). The molecule has 0 saturated carbocycles. The summed E-state index contributed by atoms with van der Waals surface area (Å²) < 4.78 is 5.17. The summed E-state index contributed by atoms with van der Waals surface area (Å²) in [4.78, 5) is 23.7. The summed E-state index contributed by atoms with van der Waals surface area (Å²) in [6.45, 7) is 5.76. The minimum absolute atomic E-state index is 0.240. The average Bonchev–Trinajstić information content (AvgIpc) is 2.58. The number of rotatable bonds is 5. The van der Waals surface area contributed by atoms with Gasteiger partial charge in [-0.2, -0.15) is 0 Å². The summed E-state index contributed by atoms with van der Waals surface area (Å²) in [6, 6.07) is 16.3. The molecular weight excluding hydrogens is 318 g/mol. The van der Waals surface area contributed by atoms with E-state index in [4.69, 9.17) is 4.74 Å². The maximum absolute atomic E-state index is 12.1. The number of carbonyl (C=O) groups excluding carboxylic acids is 2. The minimum Gasteiger partial charge on any atom is -0.444 e. The van der Waals surface area contributed by atoms with Crippen molar-refractivity contribution >= 4 is 17.7 Å². The lowest BCUT2D eigenvalue weighted by Gasteiger charge is -2.19. The van der Waals surface area contributed by atoms with Crippen molar-refractivity contribution < 1.29 is 14.3 Å². The molecule has 0 aliphatic carbocycles. The minimum atomic E-state index is -0.530. The van der Waals surface area contributed by atoms with Gasteiger partial charge in [-0.15, -0.1) is 0 Å². The predicted octanol–water partition coefficient (Wildman–Crippen LogP) is 3.47. The van der Waals surface area contributed by atoms with Gasteiger partial charge in [0.25, 0.3) is 5.91 Å². The largest absolute Gasteiger partial charge is 0.444 e. The van der Waals surface area contributed by atoms with E-state index in [1.54, 1.807) is 24.3 Å². The second-order valence-corrected chi connectivity index (χ2v) is 6.50. The van der Waals surface area contributed by atoms with Gasteiger partial charge < -0.3 is 10.1 Å². The molecule has 132 valence electrons. The number of carbonyl (C=O) groups is 2. The highest BCUT2D eigenvalue weighted by atomic mass is 16.6. The zero-order chi connectivity index (χ0) is 18.3. The molecular formula is C19H23N3O3. The van der Waals surface area contributed by atoms with Crippen molar-refractivity contribution in [3.63, 3.8) is 0 Å². The summed E-state index contributed by atoms with van der Waals surface area (Å²) in [5, 5.41) is 2.68. The Bertz CT molecular complexity index is 707. The number of hydrogen-bond acceptors (Lipinski definition) is 4. The van der Waals surface area contributed by atoms with Crippen LogP contribution in [0.5, 0.6) is 0 Å². The molecule has 0 bridgehead atoms. The summed E-state index contributed by atoms with van der Waals surface area (Å²) in [5.74, 6) is -0.240. The van der Waals surface area contributed by atoms with Crippen LogP contribution in [0.1, 0.15) is 36.7 Å². The van der Waals surface area contributed by atoms with Crippen molar-refractivity contribution in [1.29, 1.82) is 0 Å². The first-order chi connectivity index (χ1) is 11.8. The van der Waals surface area contributed by atoms with Gasteiger partial charge in [-0.25, -0.2) is 4.79 Å². The van der Waals surface area contributed by atoms with Gasteiger partial charge in [-0.05, 0) is 50.6 Å². The van der Waals surface area contributed by atoms with Crippen LogP contribution < -0.4 is 16.2 Å². The van der Waals surface area contributed by atoms with Gasteiger partial charge in [0.1, 0.15) is 5.60 Å². The fourth-order valence-electron chi connectivity index (χ4n) is 1.98. The highest BCUT2D eigenvalue weighted by molar-refractivity contribution is 5.94. The number of para-hydroxylation sites is 1. The zero-order valence-corrected chi connectivity index (χ0v) is 14.6. The molecule has 0 aliphatic rings. The van der Waals surface area contributed by atoms with E-state index in [-0.39, 0.29) is 5.91 Å². The van der Waals surface area contributed by atoms with Crippen LogP contribution in [-0.4, -0.2) is 17.6 Å². The maximum atomic E-state index is 12.1. The highest BCUT2D eigenvalue weighted by Gasteiger charge is 2.15. The molecule has 0 saturated heterocycles. The molecule has 2 rings (SSSR count). The smallest absolute Gasteiger partial charge is 0.407 e. The van der Waals surface area contributed by atoms with Crippen LogP contribution >= 0.6 is 0 Å². The Balaban J connectivity index is 1.82. The Morgan fingerprint density at radius 1 is 0.960 bits per heavy atom. The molecule has 0 radical (unpaired) electrons. The summed E-state index contributed by atoms with van der Waals surface area (Å²) in [6.07, 6.45) is -0.471. The van der Waals surface area contributed by atoms with E-state index in [2.05, 4.69) is 16.2 Å². The van der Waals surface area contributed by atoms with Crippen molar-refractivity contribution in [3.05, 3.63) is 65.7 Å². The van der Waals surface area contributed by atoms with Crippen LogP contribution in [0.3, 0.4) is 0 Å². The highest BCUT2D eigenvalue weighted by Crippen LogP contribution is 2.08. The lowest BCUT2D eigenvalue weighted by atomic mass is 10.1. The average molecular weight is 341 g/mol. The Morgan fingerprint density at radius 2 is 1.60 bits per heavy atom. The molecule has 0 aliphatic heterocycles. The lowest BCUT2D eigenvalue weighted by molar-refractivity contribution is 0.0523. The number of amides is 2. The molecule has 2 aromatic rings. The molecule has 0 spiro atoms. The fourth-order valence-corrected chi connectivity index (χ4v) is 1.98. The molecule has 0 atom stereocenters. The first kappa shape index (κ1) is 18.3. The van der Waals surface area contributed by atoms with E-state index in [0.29, 0.717) is 12.1 Å². The molecule has 6 heteroatoms. The lowest BCUT2D eigenvalue weighted by Crippen LogP contribution is -2.32. The van der Waals surface area contributed by atoms with Crippen LogP contribution in [0.25, 0.3) is 0 Å². The van der Waals surface area contributed by atoms with Gasteiger partial charge in [-0.1, -0.05) is 30.3 Å². The third-order valence-electron chi connectivity index (χ3n) is 3.15. The van der Waals surface area contributed by atoms with Crippen LogP contribution in [0, 0.1) is 0 Å². The van der Waals surface area contributed by atoms with Crippen LogP contribution in [-0.2, 0) is 11.3 Å². The van der Waals surface area contributed by atoms with Gasteiger partial charge >= 0.3 is 6.09 Å². The van der Waals surface area contributed by atoms with E-state index in [1.165, 1.54) is 0 Å². The number of ether oxygens (including phenoxy) is 1. The summed E-state index contributed by atoms with van der Waals surface area (Å²) >= 11 is 0. The van der Waals surface area contributed by atoms with Crippen LogP contribution in [0.2, 0.25) is 0 Å². The predicted molar refractivity (Wildman–Crippen MR) is 97.0 cm³/mol. The third kappa shape index (κ3) is 6.55. The number of hydrogen-bond donors (Lipinski definition) is 3. The zero-order valence-electron chi connectivity index (χ0n) is 14.6. The Kier molecular flexibility index (Phi) is 6.00. The summed E-state index contributed by atoms with van der Waals surface area (Å²) in [7, 11) is 0. The monoisotopic (exact) mass is 341 g/mol. The number of nitrogens with one attached hydrogen (secondary N) is 3. The topological polar surface area (TPSA) is 79.5 Å². The van der Waals surface area contributed by atoms with Gasteiger partial charge in [-0.3, -0.25) is 15.6 Å². The Hall–Kier alpha value is -3.02. The van der Waals surface area contributed by atoms with Crippen molar-refractivity contribution in [3.8, 4) is 0 Å². The van der Waals surface area contributed by atoms with Crippen molar-refractivity contribution in [2.45, 2.75) is 32.9 Å². The van der Waals surface area contributed by atoms with Gasteiger partial charge in [0.05, 0.1) is 5.69 Å². The molecule has 0 heterocycles. The van der Waals surface area contributed by atoms with Crippen molar-refractivity contribution in [2.75, 3.05) is 5.43 Å². The number of hydrazine groups is 1. The van der Waals surface area contributed by atoms with E-state index in [9.17, 15) is 9.59 Å². The van der Waals surface area contributed by atoms with Crippen molar-refractivity contribution in [1.82, 2.24) is 10.7 Å².